The lowest BCUT2D eigenvalue weighted by atomic mass is 10.1. The molecule has 1 saturated heterocycles. The van der Waals surface area contributed by atoms with Crippen LogP contribution in [-0.2, 0) is 11.0 Å². The quantitative estimate of drug-likeness (QED) is 0.547. The van der Waals surface area contributed by atoms with Gasteiger partial charge in [-0.2, -0.15) is 13.2 Å². The van der Waals surface area contributed by atoms with Gasteiger partial charge in [-0.05, 0) is 50.3 Å². The van der Waals surface area contributed by atoms with E-state index in [9.17, 15) is 18.0 Å². The van der Waals surface area contributed by atoms with Crippen LogP contribution in [0, 0.1) is 0 Å². The molecule has 0 spiro atoms. The average Bonchev–Trinajstić information content (AvgIpc) is 3.50. The molecule has 1 aromatic carbocycles. The zero-order valence-electron chi connectivity index (χ0n) is 18.3. The van der Waals surface area contributed by atoms with Gasteiger partial charge in [0.1, 0.15) is 5.82 Å². The Hall–Kier alpha value is -2.23. The van der Waals surface area contributed by atoms with Crippen molar-refractivity contribution in [1.82, 2.24) is 14.8 Å². The SMILES string of the molecule is CC(C)c1nnc(SCC(=O)Nc2cc(C(F)(F)F)ccc2N2CCCCC2)n1C1CC1. The van der Waals surface area contributed by atoms with E-state index in [1.54, 1.807) is 0 Å². The van der Waals surface area contributed by atoms with Gasteiger partial charge in [-0.3, -0.25) is 4.79 Å². The zero-order chi connectivity index (χ0) is 22.9. The van der Waals surface area contributed by atoms with Crippen LogP contribution < -0.4 is 10.2 Å². The first-order valence-electron chi connectivity index (χ1n) is 11.1. The fraction of sp³-hybridized carbons (Fsp3) is 0.591. The van der Waals surface area contributed by atoms with E-state index < -0.39 is 11.7 Å². The van der Waals surface area contributed by atoms with Crippen molar-refractivity contribution >= 4 is 29.0 Å². The molecule has 1 aromatic heterocycles. The maximum atomic E-state index is 13.3. The highest BCUT2D eigenvalue weighted by molar-refractivity contribution is 7.99. The molecule has 1 aliphatic carbocycles. The van der Waals surface area contributed by atoms with Crippen molar-refractivity contribution in [1.29, 1.82) is 0 Å². The summed E-state index contributed by atoms with van der Waals surface area (Å²) >= 11 is 1.27. The molecule has 1 saturated carbocycles. The van der Waals surface area contributed by atoms with Gasteiger partial charge >= 0.3 is 6.18 Å². The summed E-state index contributed by atoms with van der Waals surface area (Å²) in [5, 5.41) is 11.9. The summed E-state index contributed by atoms with van der Waals surface area (Å²) in [6, 6.07) is 3.97. The lowest BCUT2D eigenvalue weighted by molar-refractivity contribution is -0.137. The zero-order valence-corrected chi connectivity index (χ0v) is 19.1. The van der Waals surface area contributed by atoms with Gasteiger partial charge in [-0.15, -0.1) is 10.2 Å². The minimum Gasteiger partial charge on any atom is -0.370 e. The Labute approximate surface area is 190 Å². The molecular formula is C22H28F3N5OS. The number of halogens is 3. The van der Waals surface area contributed by atoms with E-state index in [0.29, 0.717) is 16.9 Å². The maximum absolute atomic E-state index is 13.3. The van der Waals surface area contributed by atoms with E-state index in [1.165, 1.54) is 17.8 Å². The Balaban J connectivity index is 1.50. The van der Waals surface area contributed by atoms with Crippen molar-refractivity contribution in [3.8, 4) is 0 Å². The number of amides is 1. The molecule has 1 N–H and O–H groups in total. The first-order valence-corrected chi connectivity index (χ1v) is 12.1. The predicted molar refractivity (Wildman–Crippen MR) is 119 cm³/mol. The molecule has 1 aliphatic heterocycles. The summed E-state index contributed by atoms with van der Waals surface area (Å²) in [5.41, 5.74) is 0.0782. The summed E-state index contributed by atoms with van der Waals surface area (Å²) in [6.07, 6.45) is 0.749. The van der Waals surface area contributed by atoms with E-state index in [1.807, 2.05) is 4.90 Å². The number of anilines is 2. The van der Waals surface area contributed by atoms with Crippen LogP contribution in [0.15, 0.2) is 23.4 Å². The second-order valence-corrected chi connectivity index (χ2v) is 9.65. The Morgan fingerprint density at radius 1 is 1.19 bits per heavy atom. The van der Waals surface area contributed by atoms with Crippen LogP contribution in [0.2, 0.25) is 0 Å². The lowest BCUT2D eigenvalue weighted by Gasteiger charge is -2.31. The Kier molecular flexibility index (Phi) is 6.69. The molecule has 4 rings (SSSR count). The highest BCUT2D eigenvalue weighted by atomic mass is 32.2. The molecule has 0 atom stereocenters. The summed E-state index contributed by atoms with van der Waals surface area (Å²) in [5.74, 6) is 0.826. The summed E-state index contributed by atoms with van der Waals surface area (Å²) < 4.78 is 42.0. The molecule has 32 heavy (non-hydrogen) atoms. The van der Waals surface area contributed by atoms with Gasteiger partial charge in [0.05, 0.1) is 22.7 Å². The van der Waals surface area contributed by atoms with Crippen LogP contribution in [0.1, 0.15) is 69.3 Å². The first-order chi connectivity index (χ1) is 15.2. The molecule has 0 unspecified atom stereocenters. The van der Waals surface area contributed by atoms with Gasteiger partial charge in [0.15, 0.2) is 5.16 Å². The highest BCUT2D eigenvalue weighted by Gasteiger charge is 2.32. The number of hydrogen-bond donors (Lipinski definition) is 1. The normalized spacial score (nSPS) is 17.1. The Morgan fingerprint density at radius 2 is 1.91 bits per heavy atom. The number of piperidine rings is 1. The average molecular weight is 468 g/mol. The summed E-state index contributed by atoms with van der Waals surface area (Å²) in [6.45, 7) is 5.65. The lowest BCUT2D eigenvalue weighted by Crippen LogP contribution is -2.30. The number of nitrogens with zero attached hydrogens (tertiary/aromatic N) is 4. The fourth-order valence-corrected chi connectivity index (χ4v) is 4.81. The number of carbonyl (C=O) groups is 1. The van der Waals surface area contributed by atoms with Crippen LogP contribution in [0.25, 0.3) is 0 Å². The Bertz CT molecular complexity index is 965. The molecular weight excluding hydrogens is 439 g/mol. The number of rotatable bonds is 7. The molecule has 2 heterocycles. The first kappa shape index (κ1) is 22.9. The van der Waals surface area contributed by atoms with Crippen LogP contribution in [0.5, 0.6) is 0 Å². The van der Waals surface area contributed by atoms with Crippen molar-refractivity contribution < 1.29 is 18.0 Å². The van der Waals surface area contributed by atoms with Gasteiger partial charge in [0.2, 0.25) is 5.91 Å². The van der Waals surface area contributed by atoms with Gasteiger partial charge in [-0.25, -0.2) is 0 Å². The molecule has 6 nitrogen and oxygen atoms in total. The van der Waals surface area contributed by atoms with E-state index in [0.717, 1.165) is 63.2 Å². The fourth-order valence-electron chi connectivity index (χ4n) is 4.00. The topological polar surface area (TPSA) is 63.1 Å². The molecule has 10 heteroatoms. The number of carbonyl (C=O) groups excluding carboxylic acids is 1. The van der Waals surface area contributed by atoms with Crippen molar-refractivity contribution in [2.75, 3.05) is 29.1 Å². The van der Waals surface area contributed by atoms with E-state index in [2.05, 4.69) is 33.9 Å². The monoisotopic (exact) mass is 467 g/mol. The Morgan fingerprint density at radius 3 is 2.53 bits per heavy atom. The van der Waals surface area contributed by atoms with Crippen LogP contribution in [0.3, 0.4) is 0 Å². The van der Waals surface area contributed by atoms with Gasteiger partial charge in [0.25, 0.3) is 0 Å². The number of nitrogens with one attached hydrogen (secondary N) is 1. The van der Waals surface area contributed by atoms with Crippen molar-refractivity contribution in [2.24, 2.45) is 0 Å². The van der Waals surface area contributed by atoms with E-state index >= 15 is 0 Å². The molecule has 2 aliphatic rings. The van der Waals surface area contributed by atoms with E-state index in [-0.39, 0.29) is 23.3 Å². The number of hydrogen-bond acceptors (Lipinski definition) is 5. The second-order valence-electron chi connectivity index (χ2n) is 8.71. The number of thioether (sulfide) groups is 1. The molecule has 2 aromatic rings. The molecule has 2 fully saturated rings. The van der Waals surface area contributed by atoms with Gasteiger partial charge < -0.3 is 14.8 Å². The molecule has 174 valence electrons. The van der Waals surface area contributed by atoms with Crippen LogP contribution >= 0.6 is 11.8 Å². The maximum Gasteiger partial charge on any atom is 0.416 e. The number of benzene rings is 1. The summed E-state index contributed by atoms with van der Waals surface area (Å²) in [7, 11) is 0. The summed E-state index contributed by atoms with van der Waals surface area (Å²) in [4.78, 5) is 14.8. The third kappa shape index (κ3) is 5.22. The molecule has 1 amide bonds. The number of aromatic nitrogens is 3. The molecule has 0 bridgehead atoms. The predicted octanol–water partition coefficient (Wildman–Crippen LogP) is 5.48. The van der Waals surface area contributed by atoms with Crippen LogP contribution in [0.4, 0.5) is 24.5 Å². The largest absolute Gasteiger partial charge is 0.416 e. The number of alkyl halides is 3. The third-order valence-electron chi connectivity index (χ3n) is 5.75. The van der Waals surface area contributed by atoms with Crippen molar-refractivity contribution in [3.63, 3.8) is 0 Å². The minimum absolute atomic E-state index is 0.0542. The second kappa shape index (κ2) is 9.33. The third-order valence-corrected chi connectivity index (χ3v) is 6.69. The highest BCUT2D eigenvalue weighted by Crippen LogP contribution is 2.40. The minimum atomic E-state index is -4.47. The van der Waals surface area contributed by atoms with Gasteiger partial charge in [-0.1, -0.05) is 25.6 Å². The van der Waals surface area contributed by atoms with Gasteiger partial charge in [0, 0.05) is 25.0 Å². The van der Waals surface area contributed by atoms with E-state index in [4.69, 9.17) is 0 Å². The van der Waals surface area contributed by atoms with Crippen molar-refractivity contribution in [3.05, 3.63) is 29.6 Å². The smallest absolute Gasteiger partial charge is 0.370 e. The standard InChI is InChI=1S/C22H28F3N5OS/c1-14(2)20-27-28-21(30(20)16-7-8-16)32-13-19(31)26-17-12-15(22(23,24)25)6-9-18(17)29-10-4-3-5-11-29/h6,9,12,14,16H,3-5,7-8,10-11,13H2,1-2H3,(H,26,31). The van der Waals surface area contributed by atoms with Crippen LogP contribution in [-0.4, -0.2) is 39.5 Å². The van der Waals surface area contributed by atoms with Crippen molar-refractivity contribution in [2.45, 2.75) is 69.2 Å². The molecule has 0 radical (unpaired) electrons.